The number of aromatic nitrogens is 2. The summed E-state index contributed by atoms with van der Waals surface area (Å²) >= 11 is 0. The van der Waals surface area contributed by atoms with Gasteiger partial charge in [-0.3, -0.25) is 9.78 Å². The van der Waals surface area contributed by atoms with E-state index in [4.69, 9.17) is 0 Å². The zero-order valence-corrected chi connectivity index (χ0v) is 12.4. The maximum Gasteiger partial charge on any atom is 0.268 e. The summed E-state index contributed by atoms with van der Waals surface area (Å²) in [7, 11) is 0. The number of hydrogen-bond acceptors (Lipinski definition) is 2. The summed E-state index contributed by atoms with van der Waals surface area (Å²) in [6.45, 7) is 1.76. The molecule has 0 saturated carbocycles. The van der Waals surface area contributed by atoms with Crippen LogP contribution < -0.4 is 5.32 Å². The zero-order valence-electron chi connectivity index (χ0n) is 12.4. The Kier molecular flexibility index (Phi) is 4.06. The number of carbonyl (C=O) groups is 1. The molecule has 1 unspecified atom stereocenters. The van der Waals surface area contributed by atoms with E-state index in [0.29, 0.717) is 11.3 Å². The van der Waals surface area contributed by atoms with Gasteiger partial charge in [0.05, 0.1) is 6.04 Å². The molecule has 0 fully saturated rings. The number of pyridine rings is 1. The molecule has 2 aromatic heterocycles. The van der Waals surface area contributed by atoms with Crippen molar-refractivity contribution in [1.82, 2.24) is 15.3 Å². The van der Waals surface area contributed by atoms with Crippen molar-refractivity contribution in [1.29, 1.82) is 0 Å². The van der Waals surface area contributed by atoms with E-state index in [9.17, 15) is 13.6 Å². The van der Waals surface area contributed by atoms with Crippen LogP contribution in [0.5, 0.6) is 0 Å². The minimum Gasteiger partial charge on any atom is -0.350 e. The average Bonchev–Trinajstić information content (AvgIpc) is 2.99. The summed E-state index contributed by atoms with van der Waals surface area (Å²) in [6, 6.07) is 9.16. The first kappa shape index (κ1) is 15.1. The zero-order chi connectivity index (χ0) is 16.4. The van der Waals surface area contributed by atoms with Gasteiger partial charge < -0.3 is 10.3 Å². The van der Waals surface area contributed by atoms with E-state index in [0.717, 1.165) is 10.9 Å². The molecule has 1 amide bonds. The molecular weight excluding hydrogens is 300 g/mol. The number of aromatic amines is 1. The number of nitrogens with zero attached hydrogens (tertiary/aromatic N) is 1. The molecule has 23 heavy (non-hydrogen) atoms. The molecule has 0 aliphatic rings. The Balaban J connectivity index is 1.77. The summed E-state index contributed by atoms with van der Waals surface area (Å²) in [5, 5.41) is 3.64. The molecule has 4 nitrogen and oxygen atoms in total. The van der Waals surface area contributed by atoms with Gasteiger partial charge in [-0.2, -0.15) is 0 Å². The first-order valence-corrected chi connectivity index (χ1v) is 7.16. The molecule has 0 saturated heterocycles. The van der Waals surface area contributed by atoms with Crippen LogP contribution in [0.15, 0.2) is 48.8 Å². The molecule has 6 heteroatoms. The van der Waals surface area contributed by atoms with Crippen molar-refractivity contribution >= 4 is 16.8 Å². The van der Waals surface area contributed by atoms with E-state index < -0.39 is 6.43 Å². The Morgan fingerprint density at radius 2 is 2.00 bits per heavy atom. The predicted octanol–water partition coefficient (Wildman–Crippen LogP) is 3.99. The quantitative estimate of drug-likeness (QED) is 0.765. The highest BCUT2D eigenvalue weighted by molar-refractivity contribution is 5.97. The SMILES string of the molecule is CC(NC(=O)c1cc2cnccc2[nH]1)c1cccc(C(F)F)c1. The number of nitrogens with one attached hydrogen (secondary N) is 2. The first-order chi connectivity index (χ1) is 11.0. The number of hydrogen-bond donors (Lipinski definition) is 2. The van der Waals surface area contributed by atoms with Crippen molar-refractivity contribution in [3.63, 3.8) is 0 Å². The third kappa shape index (κ3) is 3.21. The Morgan fingerprint density at radius 1 is 1.22 bits per heavy atom. The van der Waals surface area contributed by atoms with Gasteiger partial charge in [0.2, 0.25) is 0 Å². The van der Waals surface area contributed by atoms with Crippen molar-refractivity contribution in [2.45, 2.75) is 19.4 Å². The van der Waals surface area contributed by atoms with E-state index in [2.05, 4.69) is 15.3 Å². The molecule has 0 aliphatic heterocycles. The minimum atomic E-state index is -2.53. The fourth-order valence-electron chi connectivity index (χ4n) is 2.42. The molecule has 2 N–H and O–H groups in total. The van der Waals surface area contributed by atoms with Crippen LogP contribution in [-0.4, -0.2) is 15.9 Å². The summed E-state index contributed by atoms with van der Waals surface area (Å²) in [5.41, 5.74) is 1.80. The lowest BCUT2D eigenvalue weighted by Gasteiger charge is -2.14. The van der Waals surface area contributed by atoms with Crippen molar-refractivity contribution in [2.24, 2.45) is 0 Å². The lowest BCUT2D eigenvalue weighted by Crippen LogP contribution is -2.26. The molecule has 0 spiro atoms. The first-order valence-electron chi connectivity index (χ1n) is 7.16. The number of carbonyl (C=O) groups excluding carboxylic acids is 1. The highest BCUT2D eigenvalue weighted by Gasteiger charge is 2.15. The van der Waals surface area contributed by atoms with E-state index >= 15 is 0 Å². The predicted molar refractivity (Wildman–Crippen MR) is 83.4 cm³/mol. The lowest BCUT2D eigenvalue weighted by atomic mass is 10.1. The van der Waals surface area contributed by atoms with Crippen LogP contribution in [0.1, 0.15) is 41.0 Å². The van der Waals surface area contributed by atoms with Crippen molar-refractivity contribution in [2.75, 3.05) is 0 Å². The number of amides is 1. The number of benzene rings is 1. The van der Waals surface area contributed by atoms with Crippen molar-refractivity contribution < 1.29 is 13.6 Å². The van der Waals surface area contributed by atoms with E-state index in [-0.39, 0.29) is 17.5 Å². The minimum absolute atomic E-state index is 0.0553. The maximum absolute atomic E-state index is 12.8. The monoisotopic (exact) mass is 315 g/mol. The van der Waals surface area contributed by atoms with Gasteiger partial charge in [0.1, 0.15) is 5.69 Å². The Morgan fingerprint density at radius 3 is 2.74 bits per heavy atom. The Bertz CT molecular complexity index is 811. The van der Waals surface area contributed by atoms with Crippen LogP contribution in [0.2, 0.25) is 0 Å². The number of H-pyrrole nitrogens is 1. The van der Waals surface area contributed by atoms with Crippen molar-refractivity contribution in [3.8, 4) is 0 Å². The molecule has 3 aromatic rings. The van der Waals surface area contributed by atoms with Gasteiger partial charge in [0, 0.05) is 28.9 Å². The Hall–Kier alpha value is -2.76. The van der Waals surface area contributed by atoms with Crippen LogP contribution in [0, 0.1) is 0 Å². The third-order valence-electron chi connectivity index (χ3n) is 3.68. The number of halogens is 2. The summed E-state index contributed by atoms with van der Waals surface area (Å²) in [5.74, 6) is -0.295. The number of rotatable bonds is 4. The highest BCUT2D eigenvalue weighted by atomic mass is 19.3. The van der Waals surface area contributed by atoms with Gasteiger partial charge in [-0.15, -0.1) is 0 Å². The largest absolute Gasteiger partial charge is 0.350 e. The fourth-order valence-corrected chi connectivity index (χ4v) is 2.42. The van der Waals surface area contributed by atoms with Gasteiger partial charge in [-0.25, -0.2) is 8.78 Å². The second-order valence-corrected chi connectivity index (χ2v) is 5.31. The molecule has 1 atom stereocenters. The molecule has 0 bridgehead atoms. The smallest absolute Gasteiger partial charge is 0.268 e. The van der Waals surface area contributed by atoms with Crippen LogP contribution in [0.4, 0.5) is 8.78 Å². The number of fused-ring (bicyclic) bond motifs is 1. The molecular formula is C17H15F2N3O. The molecule has 3 rings (SSSR count). The van der Waals surface area contributed by atoms with Gasteiger partial charge in [-0.05, 0) is 30.7 Å². The second-order valence-electron chi connectivity index (χ2n) is 5.31. The van der Waals surface area contributed by atoms with Crippen LogP contribution >= 0.6 is 0 Å². The number of alkyl halides is 2. The Labute approximate surface area is 131 Å². The summed E-state index contributed by atoms with van der Waals surface area (Å²) in [4.78, 5) is 19.3. The van der Waals surface area contributed by atoms with E-state index in [1.54, 1.807) is 43.6 Å². The average molecular weight is 315 g/mol. The third-order valence-corrected chi connectivity index (χ3v) is 3.68. The lowest BCUT2D eigenvalue weighted by molar-refractivity contribution is 0.0935. The highest BCUT2D eigenvalue weighted by Crippen LogP contribution is 2.23. The van der Waals surface area contributed by atoms with Gasteiger partial charge >= 0.3 is 0 Å². The topological polar surface area (TPSA) is 57.8 Å². The standard InChI is InChI=1S/C17H15F2N3O/c1-10(11-3-2-4-12(7-11)16(18)19)21-17(23)15-8-13-9-20-6-5-14(13)22-15/h2-10,16,22H,1H3,(H,21,23). The molecule has 1 aromatic carbocycles. The van der Waals surface area contributed by atoms with Crippen LogP contribution in [-0.2, 0) is 0 Å². The fraction of sp³-hybridized carbons (Fsp3) is 0.176. The van der Waals surface area contributed by atoms with E-state index in [1.807, 2.05) is 0 Å². The van der Waals surface area contributed by atoms with Crippen molar-refractivity contribution in [3.05, 3.63) is 65.6 Å². The molecule has 2 heterocycles. The van der Waals surface area contributed by atoms with Gasteiger partial charge in [-0.1, -0.05) is 18.2 Å². The van der Waals surface area contributed by atoms with E-state index in [1.165, 1.54) is 12.1 Å². The van der Waals surface area contributed by atoms with Gasteiger partial charge in [0.15, 0.2) is 0 Å². The molecule has 0 aliphatic carbocycles. The normalized spacial score (nSPS) is 12.5. The maximum atomic E-state index is 12.8. The molecule has 118 valence electrons. The summed E-state index contributed by atoms with van der Waals surface area (Å²) < 4.78 is 25.5. The van der Waals surface area contributed by atoms with Gasteiger partial charge in [0.25, 0.3) is 12.3 Å². The molecule has 0 radical (unpaired) electrons. The van der Waals surface area contributed by atoms with Crippen LogP contribution in [0.25, 0.3) is 10.9 Å². The summed E-state index contributed by atoms with van der Waals surface area (Å²) in [6.07, 6.45) is 0.774. The van der Waals surface area contributed by atoms with Crippen LogP contribution in [0.3, 0.4) is 0 Å². The second kappa shape index (κ2) is 6.16.